The highest BCUT2D eigenvalue weighted by Gasteiger charge is 2.35. The van der Waals surface area contributed by atoms with Crippen molar-refractivity contribution in [1.82, 2.24) is 14.3 Å². The molecule has 3 aromatic rings. The average Bonchev–Trinajstić information content (AvgIpc) is 3.43. The Balaban J connectivity index is 1.19. The number of halogens is 3. The van der Waals surface area contributed by atoms with Crippen LogP contribution in [0.5, 0.6) is 5.75 Å². The van der Waals surface area contributed by atoms with Crippen molar-refractivity contribution < 1.29 is 31.1 Å². The third-order valence-corrected chi connectivity index (χ3v) is 9.70. The Kier molecular flexibility index (Phi) is 8.52. The molecule has 12 heteroatoms. The van der Waals surface area contributed by atoms with Gasteiger partial charge in [-0.15, -0.1) is 19.8 Å². The molecule has 1 unspecified atom stereocenters. The van der Waals surface area contributed by atoms with E-state index in [9.17, 15) is 26.4 Å². The van der Waals surface area contributed by atoms with Crippen LogP contribution in [0.2, 0.25) is 0 Å². The normalized spacial score (nSPS) is 17.7. The van der Waals surface area contributed by atoms with Crippen LogP contribution in [0.1, 0.15) is 40.7 Å². The number of hydrogen-bond donors (Lipinski definition) is 2. The first kappa shape index (κ1) is 30.2. The van der Waals surface area contributed by atoms with E-state index in [-0.39, 0.29) is 30.5 Å². The summed E-state index contributed by atoms with van der Waals surface area (Å²) in [4.78, 5) is 20.4. The number of carbonyl (C=O) groups is 1. The fraction of sp³-hybridized carbons (Fsp3) is 0.258. The molecule has 0 bridgehead atoms. The van der Waals surface area contributed by atoms with Crippen LogP contribution in [0.3, 0.4) is 0 Å². The van der Waals surface area contributed by atoms with Crippen molar-refractivity contribution in [2.45, 2.75) is 30.9 Å². The first-order valence-electron chi connectivity index (χ1n) is 13.6. The fourth-order valence-electron chi connectivity index (χ4n) is 5.35. The van der Waals surface area contributed by atoms with Gasteiger partial charge in [0.05, 0.1) is 5.71 Å². The maximum atomic E-state index is 13.4. The molecule has 1 saturated heterocycles. The van der Waals surface area contributed by atoms with E-state index < -0.39 is 27.4 Å². The molecular weight excluding hydrogens is 581 g/mol. The third-order valence-electron chi connectivity index (χ3n) is 7.51. The Hall–Kier alpha value is -4.29. The third kappa shape index (κ3) is 6.86. The number of nitrogens with one attached hydrogen (secondary N) is 2. The molecule has 1 aliphatic carbocycles. The van der Waals surface area contributed by atoms with Gasteiger partial charge in [0.1, 0.15) is 16.8 Å². The van der Waals surface area contributed by atoms with Gasteiger partial charge < -0.3 is 15.1 Å². The molecule has 8 nitrogen and oxygen atoms in total. The van der Waals surface area contributed by atoms with E-state index in [0.29, 0.717) is 41.8 Å². The van der Waals surface area contributed by atoms with E-state index in [0.717, 1.165) is 23.4 Å². The van der Waals surface area contributed by atoms with Crippen molar-refractivity contribution in [1.29, 1.82) is 5.41 Å². The van der Waals surface area contributed by atoms with Crippen LogP contribution in [-0.4, -0.2) is 53.6 Å². The predicted octanol–water partition coefficient (Wildman–Crippen LogP) is 5.89. The standard InChI is InChI=1S/C31H29F3N4O4S/c1-2-29(22-8-10-24(11-9-22)42-31(32,33)34)43(40,41)38-14-12-20(13-15-38)16-23-19-36-30(37-23)26-18-28(39)25(17-27(26)35)21-6-4-3-5-7-21/h2-11,17-20,29,35H,1,12-16H2,(H,36,37). The molecule has 2 N–H and O–H groups in total. The number of alkyl halides is 3. The van der Waals surface area contributed by atoms with Gasteiger partial charge in [0, 0.05) is 36.1 Å². The summed E-state index contributed by atoms with van der Waals surface area (Å²) in [6.07, 6.45) is 2.88. The van der Waals surface area contributed by atoms with Crippen molar-refractivity contribution >= 4 is 32.7 Å². The summed E-state index contributed by atoms with van der Waals surface area (Å²) in [6, 6.07) is 13.9. The van der Waals surface area contributed by atoms with Gasteiger partial charge in [-0.3, -0.25) is 4.79 Å². The molecule has 0 spiro atoms. The zero-order valence-electron chi connectivity index (χ0n) is 23.0. The molecule has 1 aromatic heterocycles. The molecule has 1 atom stereocenters. The number of aromatic nitrogens is 2. The lowest BCUT2D eigenvalue weighted by Gasteiger charge is -2.33. The number of hydrogen-bond acceptors (Lipinski definition) is 6. The van der Waals surface area contributed by atoms with E-state index in [4.69, 9.17) is 5.41 Å². The van der Waals surface area contributed by atoms with E-state index in [1.165, 1.54) is 28.6 Å². The second kappa shape index (κ2) is 12.1. The topological polar surface area (TPSA) is 116 Å². The molecule has 2 aliphatic rings. The molecule has 1 fully saturated rings. The molecular formula is C31H29F3N4O4S. The van der Waals surface area contributed by atoms with E-state index in [1.54, 1.807) is 12.3 Å². The second-order valence-electron chi connectivity index (χ2n) is 10.4. The van der Waals surface area contributed by atoms with Crippen LogP contribution >= 0.6 is 0 Å². The minimum absolute atomic E-state index is 0.173. The smallest absolute Gasteiger partial charge is 0.406 e. The number of piperidine rings is 1. The Labute approximate surface area is 247 Å². The van der Waals surface area contributed by atoms with Gasteiger partial charge in [-0.2, -0.15) is 0 Å². The number of ketones is 1. The highest BCUT2D eigenvalue weighted by atomic mass is 32.2. The summed E-state index contributed by atoms with van der Waals surface area (Å²) in [5.74, 6) is -0.0352. The van der Waals surface area contributed by atoms with Gasteiger partial charge in [0.25, 0.3) is 0 Å². The number of nitrogens with zero attached hydrogens (tertiary/aromatic N) is 2. The number of allylic oxidation sites excluding steroid dienone is 4. The van der Waals surface area contributed by atoms with E-state index in [1.807, 2.05) is 30.3 Å². The lowest BCUT2D eigenvalue weighted by atomic mass is 9.91. The Morgan fingerprint density at radius 1 is 1.07 bits per heavy atom. The number of sulfonamides is 1. The van der Waals surface area contributed by atoms with Crippen LogP contribution in [0, 0.1) is 11.3 Å². The van der Waals surface area contributed by atoms with Crippen LogP contribution in [-0.2, 0) is 21.2 Å². The second-order valence-corrected chi connectivity index (χ2v) is 12.4. The summed E-state index contributed by atoms with van der Waals surface area (Å²) >= 11 is 0. The summed E-state index contributed by atoms with van der Waals surface area (Å²) in [5.41, 5.74) is 2.90. The number of rotatable bonds is 9. The summed E-state index contributed by atoms with van der Waals surface area (Å²) in [6.45, 7) is 4.21. The molecule has 0 amide bonds. The lowest BCUT2D eigenvalue weighted by Crippen LogP contribution is -2.40. The molecule has 0 saturated carbocycles. The van der Waals surface area contributed by atoms with Gasteiger partial charge in [0.15, 0.2) is 5.78 Å². The number of H-pyrrole nitrogens is 1. The summed E-state index contributed by atoms with van der Waals surface area (Å²) < 4.78 is 69.5. The lowest BCUT2D eigenvalue weighted by molar-refractivity contribution is -0.274. The molecule has 5 rings (SSSR count). The van der Waals surface area contributed by atoms with Gasteiger partial charge >= 0.3 is 6.36 Å². The minimum atomic E-state index is -4.84. The SMILES string of the molecule is C=CC(c1ccc(OC(F)(F)F)cc1)S(=O)(=O)N1CCC(Cc2cnc(C3=CC(=O)C(c4ccccc4)=CC3=N)[nH]2)CC1. The number of imidazole rings is 1. The molecule has 2 heterocycles. The van der Waals surface area contributed by atoms with Crippen LogP contribution < -0.4 is 4.74 Å². The molecule has 43 heavy (non-hydrogen) atoms. The highest BCUT2D eigenvalue weighted by Crippen LogP contribution is 2.33. The Bertz CT molecular complexity index is 1690. The van der Waals surface area contributed by atoms with Gasteiger partial charge in [-0.25, -0.2) is 17.7 Å². The molecule has 0 radical (unpaired) electrons. The monoisotopic (exact) mass is 610 g/mol. The zero-order valence-corrected chi connectivity index (χ0v) is 23.8. The van der Waals surface area contributed by atoms with Gasteiger partial charge in [-0.1, -0.05) is 48.5 Å². The number of aromatic amines is 1. The van der Waals surface area contributed by atoms with Crippen molar-refractivity contribution in [2.75, 3.05) is 13.1 Å². The Morgan fingerprint density at radius 3 is 2.37 bits per heavy atom. The predicted molar refractivity (Wildman–Crippen MR) is 157 cm³/mol. The first-order chi connectivity index (χ1) is 20.4. The van der Waals surface area contributed by atoms with Crippen molar-refractivity contribution in [3.05, 3.63) is 108 Å². The van der Waals surface area contributed by atoms with Crippen molar-refractivity contribution in [3.8, 4) is 5.75 Å². The van der Waals surface area contributed by atoms with Gasteiger partial charge in [0.2, 0.25) is 10.0 Å². The summed E-state index contributed by atoms with van der Waals surface area (Å²) in [7, 11) is -3.85. The highest BCUT2D eigenvalue weighted by molar-refractivity contribution is 7.89. The molecule has 224 valence electrons. The zero-order chi connectivity index (χ0) is 30.8. The number of ether oxygens (including phenoxy) is 1. The maximum absolute atomic E-state index is 13.4. The molecule has 1 aliphatic heterocycles. The van der Waals surface area contributed by atoms with Crippen LogP contribution in [0.4, 0.5) is 13.2 Å². The fourth-order valence-corrected chi connectivity index (χ4v) is 7.13. The first-order valence-corrected chi connectivity index (χ1v) is 15.1. The number of benzene rings is 2. The summed E-state index contributed by atoms with van der Waals surface area (Å²) in [5, 5.41) is 7.36. The largest absolute Gasteiger partial charge is 0.573 e. The van der Waals surface area contributed by atoms with Crippen molar-refractivity contribution in [3.63, 3.8) is 0 Å². The van der Waals surface area contributed by atoms with E-state index >= 15 is 0 Å². The van der Waals surface area contributed by atoms with Crippen molar-refractivity contribution in [2.24, 2.45) is 5.92 Å². The van der Waals surface area contributed by atoms with Gasteiger partial charge in [-0.05, 0) is 60.6 Å². The van der Waals surface area contributed by atoms with Crippen LogP contribution in [0.25, 0.3) is 11.1 Å². The maximum Gasteiger partial charge on any atom is 0.573 e. The number of carbonyl (C=O) groups excluding carboxylic acids is 1. The molecule has 2 aromatic carbocycles. The van der Waals surface area contributed by atoms with Crippen LogP contribution in [0.15, 0.2) is 85.6 Å². The Morgan fingerprint density at radius 2 is 1.74 bits per heavy atom. The van der Waals surface area contributed by atoms with E-state index in [2.05, 4.69) is 21.3 Å². The average molecular weight is 611 g/mol. The minimum Gasteiger partial charge on any atom is -0.406 e. The quantitative estimate of drug-likeness (QED) is 0.232.